The molecule has 4 atom stereocenters. The van der Waals surface area contributed by atoms with Crippen LogP contribution in [0.2, 0.25) is 0 Å². The van der Waals surface area contributed by atoms with E-state index in [2.05, 4.69) is 46.4 Å². The van der Waals surface area contributed by atoms with Crippen molar-refractivity contribution in [3.05, 3.63) is 0 Å². The Bertz CT molecular complexity index is 165. The van der Waals surface area contributed by atoms with Gasteiger partial charge in [0.05, 0.1) is 12.7 Å². The molecule has 1 aliphatic heterocycles. The van der Waals surface area contributed by atoms with Gasteiger partial charge in [-0.25, -0.2) is 0 Å². The van der Waals surface area contributed by atoms with Gasteiger partial charge in [-0.15, -0.1) is 0 Å². The van der Waals surface area contributed by atoms with Crippen molar-refractivity contribution < 1.29 is 4.74 Å². The van der Waals surface area contributed by atoms with Gasteiger partial charge < -0.3 is 4.74 Å². The summed E-state index contributed by atoms with van der Waals surface area (Å²) in [6.07, 6.45) is 0.352. The predicted molar refractivity (Wildman–Crippen MR) is 60.5 cm³/mol. The molecule has 1 aliphatic rings. The summed E-state index contributed by atoms with van der Waals surface area (Å²) in [5, 5.41) is 0. The largest absolute Gasteiger partial charge is 0.377 e. The van der Waals surface area contributed by atoms with Crippen LogP contribution >= 0.6 is 0 Å². The fourth-order valence-corrected chi connectivity index (χ4v) is 2.43. The number of nitrogens with zero attached hydrogens (tertiary/aromatic N) is 1. The molecule has 0 aliphatic carbocycles. The van der Waals surface area contributed by atoms with E-state index in [1.807, 2.05) is 0 Å². The van der Waals surface area contributed by atoms with Gasteiger partial charge in [0.25, 0.3) is 0 Å². The maximum atomic E-state index is 5.84. The summed E-state index contributed by atoms with van der Waals surface area (Å²) in [7, 11) is 0. The average Bonchev–Trinajstić information content (AvgIpc) is 2.19. The maximum Gasteiger partial charge on any atom is 0.0699 e. The highest BCUT2D eigenvalue weighted by Crippen LogP contribution is 2.24. The van der Waals surface area contributed by atoms with Gasteiger partial charge in [0.1, 0.15) is 0 Å². The molecule has 0 bridgehead atoms. The van der Waals surface area contributed by atoms with Crippen LogP contribution < -0.4 is 0 Å². The lowest BCUT2D eigenvalue weighted by atomic mass is 10.00. The third-order valence-electron chi connectivity index (χ3n) is 3.66. The van der Waals surface area contributed by atoms with Crippen LogP contribution in [0.1, 0.15) is 41.5 Å². The van der Waals surface area contributed by atoms with E-state index in [1.54, 1.807) is 0 Å². The minimum Gasteiger partial charge on any atom is -0.377 e. The van der Waals surface area contributed by atoms with Crippen molar-refractivity contribution in [3.8, 4) is 0 Å². The van der Waals surface area contributed by atoms with Gasteiger partial charge in [0, 0.05) is 18.1 Å². The summed E-state index contributed by atoms with van der Waals surface area (Å²) in [5.41, 5.74) is 0. The zero-order valence-corrected chi connectivity index (χ0v) is 10.4. The molecule has 0 radical (unpaired) electrons. The van der Waals surface area contributed by atoms with Crippen LogP contribution in [0.5, 0.6) is 0 Å². The lowest BCUT2D eigenvalue weighted by Crippen LogP contribution is -2.49. The van der Waals surface area contributed by atoms with Crippen LogP contribution in [0.3, 0.4) is 0 Å². The van der Waals surface area contributed by atoms with Crippen LogP contribution in [0.4, 0.5) is 0 Å². The average molecular weight is 199 g/mol. The van der Waals surface area contributed by atoms with E-state index in [4.69, 9.17) is 4.74 Å². The SMILES string of the molecule is CC1COC(C)C(C)N(C(C)C)C1C. The molecule has 0 spiro atoms. The molecule has 1 saturated heterocycles. The first kappa shape index (κ1) is 12.0. The normalized spacial score (nSPS) is 41.4. The van der Waals surface area contributed by atoms with E-state index < -0.39 is 0 Å². The Morgan fingerprint density at radius 2 is 1.64 bits per heavy atom. The van der Waals surface area contributed by atoms with Crippen molar-refractivity contribution in [2.24, 2.45) is 5.92 Å². The first-order chi connectivity index (χ1) is 6.45. The molecule has 2 heteroatoms. The number of rotatable bonds is 1. The Hall–Kier alpha value is -0.0800. The molecule has 1 rings (SSSR count). The Morgan fingerprint density at radius 3 is 2.14 bits per heavy atom. The summed E-state index contributed by atoms with van der Waals surface area (Å²) in [5.74, 6) is 0.629. The molecule has 4 unspecified atom stereocenters. The van der Waals surface area contributed by atoms with E-state index in [1.165, 1.54) is 0 Å². The van der Waals surface area contributed by atoms with Gasteiger partial charge >= 0.3 is 0 Å². The number of ether oxygens (including phenoxy) is 1. The lowest BCUT2D eigenvalue weighted by molar-refractivity contribution is 0.0198. The summed E-state index contributed by atoms with van der Waals surface area (Å²) < 4.78 is 5.84. The fraction of sp³-hybridized carbons (Fsp3) is 1.00. The second-order valence-electron chi connectivity index (χ2n) is 5.04. The van der Waals surface area contributed by atoms with Crippen LogP contribution in [-0.4, -0.2) is 35.7 Å². The first-order valence-electron chi connectivity index (χ1n) is 5.84. The molecule has 0 N–H and O–H groups in total. The highest BCUT2D eigenvalue weighted by molar-refractivity contribution is 4.86. The molecule has 0 amide bonds. The van der Waals surface area contributed by atoms with Crippen LogP contribution in [0.25, 0.3) is 0 Å². The molecule has 2 nitrogen and oxygen atoms in total. The summed E-state index contributed by atoms with van der Waals surface area (Å²) in [6, 6.07) is 1.75. The monoisotopic (exact) mass is 199 g/mol. The highest BCUT2D eigenvalue weighted by atomic mass is 16.5. The summed E-state index contributed by atoms with van der Waals surface area (Å²) in [6.45, 7) is 14.5. The third-order valence-corrected chi connectivity index (χ3v) is 3.66. The molecular formula is C12H25NO. The zero-order valence-electron chi connectivity index (χ0n) is 10.4. The predicted octanol–water partition coefficient (Wildman–Crippen LogP) is 2.53. The minimum atomic E-state index is 0.352. The Kier molecular flexibility index (Phi) is 3.96. The first-order valence-corrected chi connectivity index (χ1v) is 5.84. The third kappa shape index (κ3) is 2.29. The van der Waals surface area contributed by atoms with Gasteiger partial charge in [0.2, 0.25) is 0 Å². The van der Waals surface area contributed by atoms with Gasteiger partial charge in [-0.2, -0.15) is 0 Å². The topological polar surface area (TPSA) is 12.5 Å². The van der Waals surface area contributed by atoms with Crippen LogP contribution in [0.15, 0.2) is 0 Å². The number of hydrogen-bond acceptors (Lipinski definition) is 2. The van der Waals surface area contributed by atoms with E-state index in [9.17, 15) is 0 Å². The Balaban J connectivity index is 2.83. The second-order valence-corrected chi connectivity index (χ2v) is 5.04. The van der Waals surface area contributed by atoms with Gasteiger partial charge in [0.15, 0.2) is 0 Å². The number of hydrogen-bond donors (Lipinski definition) is 0. The molecule has 84 valence electrons. The molecule has 14 heavy (non-hydrogen) atoms. The Morgan fingerprint density at radius 1 is 1.07 bits per heavy atom. The van der Waals surface area contributed by atoms with Crippen molar-refractivity contribution in [2.75, 3.05) is 6.61 Å². The van der Waals surface area contributed by atoms with E-state index in [-0.39, 0.29) is 0 Å². The molecule has 0 aromatic carbocycles. The Labute approximate surface area is 88.6 Å². The quantitative estimate of drug-likeness (QED) is 0.643. The van der Waals surface area contributed by atoms with Crippen LogP contribution in [0, 0.1) is 5.92 Å². The van der Waals surface area contributed by atoms with Crippen molar-refractivity contribution in [2.45, 2.75) is 65.8 Å². The second kappa shape index (κ2) is 4.63. The molecule has 0 aromatic heterocycles. The van der Waals surface area contributed by atoms with Gasteiger partial charge in [-0.1, -0.05) is 6.92 Å². The fourth-order valence-electron chi connectivity index (χ4n) is 2.43. The molecule has 0 saturated carbocycles. The zero-order chi connectivity index (χ0) is 10.9. The van der Waals surface area contributed by atoms with Gasteiger partial charge in [-0.3, -0.25) is 4.90 Å². The van der Waals surface area contributed by atoms with Crippen LogP contribution in [-0.2, 0) is 4.74 Å². The van der Waals surface area contributed by atoms with Crippen molar-refractivity contribution >= 4 is 0 Å². The smallest absolute Gasteiger partial charge is 0.0699 e. The van der Waals surface area contributed by atoms with Crippen molar-refractivity contribution in [1.82, 2.24) is 4.90 Å². The molecular weight excluding hydrogens is 174 g/mol. The minimum absolute atomic E-state index is 0.352. The lowest BCUT2D eigenvalue weighted by Gasteiger charge is -2.39. The molecule has 1 heterocycles. The summed E-state index contributed by atoms with van der Waals surface area (Å²) >= 11 is 0. The van der Waals surface area contributed by atoms with E-state index >= 15 is 0 Å². The van der Waals surface area contributed by atoms with Gasteiger partial charge in [-0.05, 0) is 40.5 Å². The van der Waals surface area contributed by atoms with E-state index in [0.29, 0.717) is 30.1 Å². The maximum absolute atomic E-state index is 5.84. The standard InChI is InChI=1S/C12H25NO/c1-8(2)13-10(4)9(3)7-14-12(6)11(13)5/h8-12H,7H2,1-6H3. The molecule has 0 aromatic rings. The van der Waals surface area contributed by atoms with Crippen molar-refractivity contribution in [1.29, 1.82) is 0 Å². The van der Waals surface area contributed by atoms with Crippen molar-refractivity contribution in [3.63, 3.8) is 0 Å². The highest BCUT2D eigenvalue weighted by Gasteiger charge is 2.33. The van der Waals surface area contributed by atoms with E-state index in [0.717, 1.165) is 6.61 Å². The summed E-state index contributed by atoms with van der Waals surface area (Å²) in [4.78, 5) is 2.59. The molecule has 1 fully saturated rings.